The summed E-state index contributed by atoms with van der Waals surface area (Å²) in [6, 6.07) is 10.4. The fourth-order valence-electron chi connectivity index (χ4n) is 5.22. The molecule has 1 aliphatic carbocycles. The Kier molecular flexibility index (Phi) is 9.78. The van der Waals surface area contributed by atoms with Crippen molar-refractivity contribution in [3.05, 3.63) is 70.8 Å². The van der Waals surface area contributed by atoms with Crippen LogP contribution >= 0.6 is 0 Å². The highest BCUT2D eigenvalue weighted by atomic mass is 19.1. The van der Waals surface area contributed by atoms with Gasteiger partial charge in [-0.15, -0.1) is 0 Å². The molecule has 216 valence electrons. The Morgan fingerprint density at radius 2 is 1.74 bits per heavy atom. The van der Waals surface area contributed by atoms with E-state index in [1.54, 1.807) is 20.8 Å². The Hall–Kier alpha value is -2.55. The van der Waals surface area contributed by atoms with E-state index in [0.717, 1.165) is 30.0 Å². The number of carbonyl (C=O) groups is 1. The SMILES string of the molecule is CC(C)(C)OC(=O)NC(Cc1cc(F)cc(F)c1)C(O)CNC1(c2cccc(C(C)(C)C)c2)CCCCC1O. The van der Waals surface area contributed by atoms with Gasteiger partial charge in [0.2, 0.25) is 0 Å². The summed E-state index contributed by atoms with van der Waals surface area (Å²) in [6.07, 6.45) is 0.504. The third kappa shape index (κ3) is 8.47. The Morgan fingerprint density at radius 3 is 2.33 bits per heavy atom. The Labute approximate surface area is 231 Å². The van der Waals surface area contributed by atoms with E-state index in [2.05, 4.69) is 43.5 Å². The lowest BCUT2D eigenvalue weighted by atomic mass is 9.72. The quantitative estimate of drug-likeness (QED) is 0.352. The number of alkyl carbamates (subject to hydrolysis) is 1. The van der Waals surface area contributed by atoms with Gasteiger partial charge in [0.15, 0.2) is 0 Å². The fraction of sp³-hybridized carbons (Fsp3) is 0.581. The molecule has 2 aromatic carbocycles. The number of hydrogen-bond donors (Lipinski definition) is 4. The molecule has 1 fully saturated rings. The smallest absolute Gasteiger partial charge is 0.407 e. The molecule has 1 aliphatic rings. The van der Waals surface area contributed by atoms with Gasteiger partial charge in [-0.3, -0.25) is 0 Å². The summed E-state index contributed by atoms with van der Waals surface area (Å²) in [4.78, 5) is 12.6. The molecule has 8 heteroatoms. The average molecular weight is 547 g/mol. The third-order valence-corrected chi connectivity index (χ3v) is 7.28. The van der Waals surface area contributed by atoms with Gasteiger partial charge in [-0.05, 0) is 74.3 Å². The molecule has 0 spiro atoms. The van der Waals surface area contributed by atoms with Crippen LogP contribution in [0.25, 0.3) is 0 Å². The molecule has 39 heavy (non-hydrogen) atoms. The van der Waals surface area contributed by atoms with E-state index in [1.165, 1.54) is 12.1 Å². The lowest BCUT2D eigenvalue weighted by Gasteiger charge is -2.44. The molecule has 0 bridgehead atoms. The lowest BCUT2D eigenvalue weighted by Crippen LogP contribution is -2.58. The van der Waals surface area contributed by atoms with Crippen LogP contribution in [-0.2, 0) is 22.1 Å². The van der Waals surface area contributed by atoms with Gasteiger partial charge in [0.1, 0.15) is 17.2 Å². The normalized spacial score (nSPS) is 21.7. The van der Waals surface area contributed by atoms with Crippen LogP contribution in [0.3, 0.4) is 0 Å². The average Bonchev–Trinajstić information content (AvgIpc) is 2.81. The predicted octanol–water partition coefficient (Wildman–Crippen LogP) is 5.48. The van der Waals surface area contributed by atoms with E-state index in [9.17, 15) is 23.8 Å². The summed E-state index contributed by atoms with van der Waals surface area (Å²) in [7, 11) is 0. The highest BCUT2D eigenvalue weighted by Crippen LogP contribution is 2.39. The van der Waals surface area contributed by atoms with E-state index < -0.39 is 47.1 Å². The molecule has 0 radical (unpaired) electrons. The van der Waals surface area contributed by atoms with Crippen molar-refractivity contribution in [1.82, 2.24) is 10.6 Å². The van der Waals surface area contributed by atoms with Crippen molar-refractivity contribution in [3.63, 3.8) is 0 Å². The van der Waals surface area contributed by atoms with Crippen molar-refractivity contribution in [1.29, 1.82) is 0 Å². The molecule has 4 atom stereocenters. The maximum absolute atomic E-state index is 13.9. The molecule has 0 aromatic heterocycles. The van der Waals surface area contributed by atoms with Gasteiger partial charge in [-0.1, -0.05) is 57.9 Å². The lowest BCUT2D eigenvalue weighted by molar-refractivity contribution is 0.00698. The van der Waals surface area contributed by atoms with Crippen LogP contribution < -0.4 is 10.6 Å². The van der Waals surface area contributed by atoms with Gasteiger partial charge < -0.3 is 25.6 Å². The highest BCUT2D eigenvalue weighted by molar-refractivity contribution is 5.68. The first-order valence-electron chi connectivity index (χ1n) is 13.8. The second-order valence-electron chi connectivity index (χ2n) is 12.7. The van der Waals surface area contributed by atoms with E-state index in [4.69, 9.17) is 4.74 Å². The van der Waals surface area contributed by atoms with Gasteiger partial charge in [0, 0.05) is 12.6 Å². The molecule has 1 amide bonds. The van der Waals surface area contributed by atoms with E-state index in [0.29, 0.717) is 12.8 Å². The summed E-state index contributed by atoms with van der Waals surface area (Å²) >= 11 is 0. The second-order valence-corrected chi connectivity index (χ2v) is 12.7. The van der Waals surface area contributed by atoms with Crippen LogP contribution in [0.5, 0.6) is 0 Å². The second kappa shape index (κ2) is 12.3. The highest BCUT2D eigenvalue weighted by Gasteiger charge is 2.42. The molecule has 2 aromatic rings. The number of ether oxygens (including phenoxy) is 1. The number of nitrogens with one attached hydrogen (secondary N) is 2. The van der Waals surface area contributed by atoms with Crippen LogP contribution in [0.1, 0.15) is 83.9 Å². The summed E-state index contributed by atoms with van der Waals surface area (Å²) in [5.74, 6) is -1.48. The Morgan fingerprint density at radius 1 is 1.08 bits per heavy atom. The maximum Gasteiger partial charge on any atom is 0.407 e. The van der Waals surface area contributed by atoms with Crippen LogP contribution in [0, 0.1) is 11.6 Å². The van der Waals surface area contributed by atoms with Crippen molar-refractivity contribution in [2.75, 3.05) is 6.54 Å². The number of rotatable bonds is 8. The van der Waals surface area contributed by atoms with Gasteiger partial charge in [-0.2, -0.15) is 0 Å². The zero-order valence-electron chi connectivity index (χ0n) is 24.0. The zero-order chi connectivity index (χ0) is 29.0. The van der Waals surface area contributed by atoms with Crippen LogP contribution in [0.2, 0.25) is 0 Å². The molecule has 3 rings (SSSR count). The van der Waals surface area contributed by atoms with E-state index in [-0.39, 0.29) is 23.9 Å². The molecule has 0 heterocycles. The number of aliphatic hydroxyl groups is 2. The number of hydrogen-bond acceptors (Lipinski definition) is 5. The van der Waals surface area contributed by atoms with E-state index in [1.807, 2.05) is 12.1 Å². The topological polar surface area (TPSA) is 90.8 Å². The third-order valence-electron chi connectivity index (χ3n) is 7.28. The minimum atomic E-state index is -1.15. The molecular weight excluding hydrogens is 502 g/mol. The molecule has 1 saturated carbocycles. The first-order valence-corrected chi connectivity index (χ1v) is 13.8. The molecule has 4 unspecified atom stereocenters. The number of carbonyl (C=O) groups excluding carboxylic acids is 1. The van der Waals surface area contributed by atoms with Gasteiger partial charge in [0.25, 0.3) is 0 Å². The predicted molar refractivity (Wildman–Crippen MR) is 149 cm³/mol. The zero-order valence-corrected chi connectivity index (χ0v) is 24.0. The Balaban J connectivity index is 1.88. The molecule has 0 aliphatic heterocycles. The summed E-state index contributed by atoms with van der Waals surface area (Å²) in [6.45, 7) is 11.6. The van der Waals surface area contributed by atoms with Crippen LogP contribution in [0.15, 0.2) is 42.5 Å². The number of aliphatic hydroxyl groups excluding tert-OH is 2. The van der Waals surface area contributed by atoms with Crippen molar-refractivity contribution in [2.24, 2.45) is 0 Å². The number of halogens is 2. The number of benzene rings is 2. The van der Waals surface area contributed by atoms with E-state index >= 15 is 0 Å². The van der Waals surface area contributed by atoms with Crippen LogP contribution in [-0.4, -0.2) is 46.7 Å². The minimum absolute atomic E-state index is 0.0220. The van der Waals surface area contributed by atoms with Crippen molar-refractivity contribution in [2.45, 2.75) is 108 Å². The van der Waals surface area contributed by atoms with Gasteiger partial charge >= 0.3 is 6.09 Å². The van der Waals surface area contributed by atoms with Gasteiger partial charge in [0.05, 0.1) is 23.8 Å². The minimum Gasteiger partial charge on any atom is -0.444 e. The monoisotopic (exact) mass is 546 g/mol. The number of amides is 1. The Bertz CT molecular complexity index is 1110. The van der Waals surface area contributed by atoms with Crippen LogP contribution in [0.4, 0.5) is 13.6 Å². The van der Waals surface area contributed by atoms with Crippen molar-refractivity contribution in [3.8, 4) is 0 Å². The maximum atomic E-state index is 13.9. The van der Waals surface area contributed by atoms with Crippen molar-refractivity contribution >= 4 is 6.09 Å². The molecule has 4 N–H and O–H groups in total. The summed E-state index contributed by atoms with van der Waals surface area (Å²) in [5.41, 5.74) is 0.728. The van der Waals surface area contributed by atoms with Crippen molar-refractivity contribution < 1.29 is 28.5 Å². The molecule has 6 nitrogen and oxygen atoms in total. The first-order chi connectivity index (χ1) is 18.1. The molecule has 0 saturated heterocycles. The fourth-order valence-corrected chi connectivity index (χ4v) is 5.22. The van der Waals surface area contributed by atoms with Gasteiger partial charge in [-0.25, -0.2) is 13.6 Å². The largest absolute Gasteiger partial charge is 0.444 e. The first kappa shape index (κ1) is 31.0. The summed E-state index contributed by atoms with van der Waals surface area (Å²) in [5, 5.41) is 28.7. The standard InChI is InChI=1S/C31H44F2N2O4/c1-29(2,3)21-10-9-11-22(17-21)31(13-8-7-12-27(31)37)34-19-26(36)25(35-28(38)39-30(4,5)6)16-20-14-23(32)18-24(33)15-20/h9-11,14-15,17-18,25-27,34,36-37H,7-8,12-13,16,19H2,1-6H3,(H,35,38). The molecular formula is C31H44F2N2O4. The summed E-state index contributed by atoms with van der Waals surface area (Å²) < 4.78 is 33.2.